The number of guanidine groups is 1. The summed E-state index contributed by atoms with van der Waals surface area (Å²) >= 11 is 1.79. The molecule has 0 saturated carbocycles. The van der Waals surface area contributed by atoms with Crippen LogP contribution >= 0.6 is 35.3 Å². The van der Waals surface area contributed by atoms with E-state index >= 15 is 0 Å². The zero-order chi connectivity index (χ0) is 18.1. The molecule has 0 atom stereocenters. The van der Waals surface area contributed by atoms with Crippen molar-refractivity contribution in [2.24, 2.45) is 4.99 Å². The normalized spacial score (nSPS) is 11.0. The van der Waals surface area contributed by atoms with Crippen molar-refractivity contribution in [2.75, 3.05) is 20.2 Å². The Hall–Kier alpha value is -1.35. The standard InChI is InChI=1S/C19H28N4OS.HI/c1-5-16-13-22-18(25-16)9-10-21-19(20-4)23-12-15-7-8-17(24-6-2)14(3)11-15;/h7-8,11,13H,5-6,9-10,12H2,1-4H3,(H2,20,21,23);1H. The van der Waals surface area contributed by atoms with Crippen LogP contribution in [0.2, 0.25) is 0 Å². The number of rotatable bonds is 8. The molecule has 1 aromatic heterocycles. The van der Waals surface area contributed by atoms with E-state index in [4.69, 9.17) is 4.74 Å². The van der Waals surface area contributed by atoms with Gasteiger partial charge in [0, 0.05) is 37.6 Å². The summed E-state index contributed by atoms with van der Waals surface area (Å²) in [5.74, 6) is 1.75. The monoisotopic (exact) mass is 488 g/mol. The van der Waals surface area contributed by atoms with Crippen LogP contribution in [-0.4, -0.2) is 31.1 Å². The van der Waals surface area contributed by atoms with Gasteiger partial charge in [-0.2, -0.15) is 0 Å². The number of nitrogens with one attached hydrogen (secondary N) is 2. The Balaban J connectivity index is 0.00000338. The van der Waals surface area contributed by atoms with E-state index in [1.54, 1.807) is 18.4 Å². The number of aromatic nitrogens is 1. The Kier molecular flexibility index (Phi) is 10.6. The molecular weight excluding hydrogens is 459 g/mol. The van der Waals surface area contributed by atoms with Crippen LogP contribution in [-0.2, 0) is 19.4 Å². The van der Waals surface area contributed by atoms with E-state index in [0.29, 0.717) is 6.61 Å². The second-order valence-electron chi connectivity index (χ2n) is 5.71. The first-order valence-corrected chi connectivity index (χ1v) is 9.58. The van der Waals surface area contributed by atoms with Gasteiger partial charge in [0.2, 0.25) is 0 Å². The zero-order valence-electron chi connectivity index (χ0n) is 16.0. The average molecular weight is 488 g/mol. The van der Waals surface area contributed by atoms with Crippen LogP contribution in [0.25, 0.3) is 0 Å². The quantitative estimate of drug-likeness (QED) is 0.336. The first-order chi connectivity index (χ1) is 12.2. The van der Waals surface area contributed by atoms with E-state index in [1.165, 1.54) is 15.4 Å². The maximum atomic E-state index is 5.58. The second-order valence-corrected chi connectivity index (χ2v) is 6.91. The molecule has 0 saturated heterocycles. The Morgan fingerprint density at radius 2 is 2.08 bits per heavy atom. The minimum Gasteiger partial charge on any atom is -0.494 e. The lowest BCUT2D eigenvalue weighted by Crippen LogP contribution is -2.37. The molecule has 2 rings (SSSR count). The molecule has 7 heteroatoms. The molecule has 0 spiro atoms. The molecular formula is C19H29IN4OS. The number of ether oxygens (including phenoxy) is 1. The maximum absolute atomic E-state index is 5.58. The van der Waals surface area contributed by atoms with Crippen molar-refractivity contribution >= 4 is 41.3 Å². The van der Waals surface area contributed by atoms with Crippen LogP contribution in [0.5, 0.6) is 5.75 Å². The number of hydrogen-bond acceptors (Lipinski definition) is 4. The fourth-order valence-corrected chi connectivity index (χ4v) is 3.32. The molecule has 2 aromatic rings. The largest absolute Gasteiger partial charge is 0.494 e. The predicted octanol–water partition coefficient (Wildman–Crippen LogP) is 3.94. The van der Waals surface area contributed by atoms with Gasteiger partial charge >= 0.3 is 0 Å². The third-order valence-electron chi connectivity index (χ3n) is 3.80. The van der Waals surface area contributed by atoms with E-state index in [1.807, 2.05) is 19.2 Å². The fourth-order valence-electron chi connectivity index (χ4n) is 2.46. The van der Waals surface area contributed by atoms with Crippen LogP contribution in [0.3, 0.4) is 0 Å². The van der Waals surface area contributed by atoms with Crippen molar-refractivity contribution < 1.29 is 4.74 Å². The molecule has 0 aliphatic carbocycles. The van der Waals surface area contributed by atoms with Gasteiger partial charge in [-0.05, 0) is 37.5 Å². The summed E-state index contributed by atoms with van der Waals surface area (Å²) < 4.78 is 5.58. The Morgan fingerprint density at radius 3 is 2.69 bits per heavy atom. The van der Waals surface area contributed by atoms with Gasteiger partial charge in [-0.15, -0.1) is 35.3 Å². The maximum Gasteiger partial charge on any atom is 0.191 e. The van der Waals surface area contributed by atoms with Gasteiger partial charge in [-0.25, -0.2) is 4.98 Å². The molecule has 1 aromatic carbocycles. The smallest absolute Gasteiger partial charge is 0.191 e. The first kappa shape index (κ1) is 22.7. The minimum atomic E-state index is 0. The molecule has 0 aliphatic heterocycles. The van der Waals surface area contributed by atoms with Crippen LogP contribution in [0.1, 0.15) is 34.9 Å². The summed E-state index contributed by atoms with van der Waals surface area (Å²) in [5, 5.41) is 7.86. The highest BCUT2D eigenvalue weighted by atomic mass is 127. The molecule has 0 radical (unpaired) electrons. The number of nitrogens with zero attached hydrogens (tertiary/aromatic N) is 2. The lowest BCUT2D eigenvalue weighted by molar-refractivity contribution is 0.338. The highest BCUT2D eigenvalue weighted by molar-refractivity contribution is 14.0. The molecule has 0 bridgehead atoms. The highest BCUT2D eigenvalue weighted by Crippen LogP contribution is 2.19. The third-order valence-corrected chi connectivity index (χ3v) is 5.01. The third kappa shape index (κ3) is 7.11. The van der Waals surface area contributed by atoms with E-state index in [0.717, 1.165) is 43.2 Å². The Labute approximate surface area is 177 Å². The van der Waals surface area contributed by atoms with Crippen molar-refractivity contribution in [3.63, 3.8) is 0 Å². The van der Waals surface area contributed by atoms with E-state index in [-0.39, 0.29) is 24.0 Å². The molecule has 0 unspecified atom stereocenters. The molecule has 1 heterocycles. The van der Waals surface area contributed by atoms with Crippen LogP contribution in [0, 0.1) is 6.92 Å². The van der Waals surface area contributed by atoms with Crippen molar-refractivity contribution in [1.29, 1.82) is 0 Å². The molecule has 0 aliphatic rings. The van der Waals surface area contributed by atoms with E-state index in [9.17, 15) is 0 Å². The molecule has 0 amide bonds. The summed E-state index contributed by atoms with van der Waals surface area (Å²) in [5.41, 5.74) is 2.36. The van der Waals surface area contributed by atoms with Crippen LogP contribution in [0.15, 0.2) is 29.4 Å². The van der Waals surface area contributed by atoms with Crippen molar-refractivity contribution in [3.05, 3.63) is 45.4 Å². The fraction of sp³-hybridized carbons (Fsp3) is 0.474. The number of benzene rings is 1. The first-order valence-electron chi connectivity index (χ1n) is 8.76. The summed E-state index contributed by atoms with van der Waals surface area (Å²) in [6.07, 6.45) is 3.94. The second kappa shape index (κ2) is 12.1. The lowest BCUT2D eigenvalue weighted by atomic mass is 10.1. The minimum absolute atomic E-state index is 0. The SMILES string of the molecule is CCOc1ccc(CNC(=NC)NCCc2ncc(CC)s2)cc1C.I. The van der Waals surface area contributed by atoms with Crippen molar-refractivity contribution in [2.45, 2.75) is 40.2 Å². The molecule has 2 N–H and O–H groups in total. The number of hydrogen-bond donors (Lipinski definition) is 2. The van der Waals surface area contributed by atoms with Crippen molar-refractivity contribution in [1.82, 2.24) is 15.6 Å². The number of thiazole rings is 1. The predicted molar refractivity (Wildman–Crippen MR) is 121 cm³/mol. The van der Waals surface area contributed by atoms with Gasteiger partial charge in [-0.1, -0.05) is 19.1 Å². The molecule has 0 fully saturated rings. The van der Waals surface area contributed by atoms with Gasteiger partial charge in [0.15, 0.2) is 5.96 Å². The van der Waals surface area contributed by atoms with Crippen LogP contribution in [0.4, 0.5) is 0 Å². The van der Waals surface area contributed by atoms with Gasteiger partial charge < -0.3 is 15.4 Å². The van der Waals surface area contributed by atoms with E-state index in [2.05, 4.69) is 46.6 Å². The topological polar surface area (TPSA) is 58.5 Å². The number of aliphatic imine (C=N–C) groups is 1. The van der Waals surface area contributed by atoms with Crippen molar-refractivity contribution in [3.8, 4) is 5.75 Å². The number of halogens is 1. The van der Waals surface area contributed by atoms with Crippen LogP contribution < -0.4 is 15.4 Å². The van der Waals surface area contributed by atoms with Gasteiger partial charge in [-0.3, -0.25) is 4.99 Å². The molecule has 5 nitrogen and oxygen atoms in total. The van der Waals surface area contributed by atoms with Gasteiger partial charge in [0.05, 0.1) is 11.6 Å². The van der Waals surface area contributed by atoms with E-state index < -0.39 is 0 Å². The summed E-state index contributed by atoms with van der Waals surface area (Å²) in [7, 11) is 1.79. The summed E-state index contributed by atoms with van der Waals surface area (Å²) in [6, 6.07) is 6.26. The number of aryl methyl sites for hydroxylation is 2. The average Bonchev–Trinajstić information content (AvgIpc) is 3.08. The summed E-state index contributed by atoms with van der Waals surface area (Å²) in [6.45, 7) is 8.46. The lowest BCUT2D eigenvalue weighted by Gasteiger charge is -2.13. The van der Waals surface area contributed by atoms with Gasteiger partial charge in [0.1, 0.15) is 5.75 Å². The summed E-state index contributed by atoms with van der Waals surface area (Å²) in [4.78, 5) is 10.1. The van der Waals surface area contributed by atoms with Gasteiger partial charge in [0.25, 0.3) is 0 Å². The molecule has 144 valence electrons. The Morgan fingerprint density at radius 1 is 1.27 bits per heavy atom. The zero-order valence-corrected chi connectivity index (χ0v) is 19.1. The highest BCUT2D eigenvalue weighted by Gasteiger charge is 2.04. The molecule has 26 heavy (non-hydrogen) atoms. The Bertz CT molecular complexity index is 703.